The number of carboxylic acids is 1. The first-order valence-electron chi connectivity index (χ1n) is 5.72. The van der Waals surface area contributed by atoms with Crippen molar-refractivity contribution < 1.29 is 19.4 Å². The largest absolute Gasteiger partial charge is 0.501 e. The van der Waals surface area contributed by atoms with E-state index in [9.17, 15) is 9.59 Å². The van der Waals surface area contributed by atoms with Gasteiger partial charge in [-0.15, -0.1) is 0 Å². The second-order valence-corrected chi connectivity index (χ2v) is 4.52. The molecule has 1 aromatic carbocycles. The molecule has 0 aliphatic carbocycles. The SMILES string of the molecule is CCOC=CC(=O)C(Nc1ccc(Cl)c(Cl)c1)C(=O)O. The topological polar surface area (TPSA) is 75.6 Å². The summed E-state index contributed by atoms with van der Waals surface area (Å²) in [7, 11) is 0. The van der Waals surface area contributed by atoms with Gasteiger partial charge in [-0.3, -0.25) is 4.79 Å². The van der Waals surface area contributed by atoms with Crippen molar-refractivity contribution in [1.82, 2.24) is 0 Å². The molecule has 7 heteroatoms. The van der Waals surface area contributed by atoms with Crippen LogP contribution in [0.2, 0.25) is 10.0 Å². The van der Waals surface area contributed by atoms with E-state index < -0.39 is 17.8 Å². The van der Waals surface area contributed by atoms with Crippen molar-refractivity contribution in [3.05, 3.63) is 40.6 Å². The van der Waals surface area contributed by atoms with Crippen LogP contribution in [0.4, 0.5) is 5.69 Å². The maximum atomic E-state index is 11.7. The van der Waals surface area contributed by atoms with Crippen molar-refractivity contribution in [3.8, 4) is 0 Å². The summed E-state index contributed by atoms with van der Waals surface area (Å²) in [6, 6.07) is 3.05. The van der Waals surface area contributed by atoms with E-state index in [4.69, 9.17) is 33.0 Å². The van der Waals surface area contributed by atoms with E-state index in [-0.39, 0.29) is 5.02 Å². The fourth-order valence-electron chi connectivity index (χ4n) is 1.31. The fourth-order valence-corrected chi connectivity index (χ4v) is 1.61. The number of halogens is 2. The van der Waals surface area contributed by atoms with E-state index in [0.29, 0.717) is 17.3 Å². The third-order valence-electron chi connectivity index (χ3n) is 2.26. The van der Waals surface area contributed by atoms with Crippen LogP contribution in [0.3, 0.4) is 0 Å². The molecule has 0 saturated heterocycles. The monoisotopic (exact) mass is 317 g/mol. The highest BCUT2D eigenvalue weighted by molar-refractivity contribution is 6.42. The minimum Gasteiger partial charge on any atom is -0.501 e. The first kappa shape index (κ1) is 16.3. The number of carboxylic acid groups (broad SMARTS) is 1. The Kier molecular flexibility index (Phi) is 6.35. The summed E-state index contributed by atoms with van der Waals surface area (Å²) in [5.74, 6) is -1.95. The van der Waals surface area contributed by atoms with Crippen LogP contribution in [0.5, 0.6) is 0 Å². The van der Waals surface area contributed by atoms with Crippen molar-refractivity contribution in [2.75, 3.05) is 11.9 Å². The first-order chi connectivity index (χ1) is 9.45. The number of ether oxygens (including phenoxy) is 1. The Labute approximate surface area is 126 Å². The van der Waals surface area contributed by atoms with Crippen molar-refractivity contribution in [3.63, 3.8) is 0 Å². The second kappa shape index (κ2) is 7.77. The molecular weight excluding hydrogens is 305 g/mol. The van der Waals surface area contributed by atoms with E-state index in [1.807, 2.05) is 0 Å². The van der Waals surface area contributed by atoms with Crippen molar-refractivity contribution in [2.45, 2.75) is 13.0 Å². The van der Waals surface area contributed by atoms with Gasteiger partial charge in [-0.2, -0.15) is 0 Å². The van der Waals surface area contributed by atoms with Crippen LogP contribution in [0.15, 0.2) is 30.5 Å². The number of aliphatic carboxylic acids is 1. The maximum Gasteiger partial charge on any atom is 0.334 e. The number of rotatable bonds is 7. The lowest BCUT2D eigenvalue weighted by Crippen LogP contribution is -2.36. The number of hydrogen-bond donors (Lipinski definition) is 2. The van der Waals surface area contributed by atoms with E-state index in [0.717, 1.165) is 12.3 Å². The van der Waals surface area contributed by atoms with Crippen molar-refractivity contribution in [1.29, 1.82) is 0 Å². The van der Waals surface area contributed by atoms with E-state index >= 15 is 0 Å². The highest BCUT2D eigenvalue weighted by atomic mass is 35.5. The smallest absolute Gasteiger partial charge is 0.334 e. The number of carbonyl (C=O) groups excluding carboxylic acids is 1. The molecule has 108 valence electrons. The van der Waals surface area contributed by atoms with Crippen molar-refractivity contribution in [2.24, 2.45) is 0 Å². The molecule has 0 bridgehead atoms. The van der Waals surface area contributed by atoms with E-state index in [1.165, 1.54) is 18.2 Å². The fraction of sp³-hybridized carbons (Fsp3) is 0.231. The van der Waals surface area contributed by atoms with Crippen LogP contribution >= 0.6 is 23.2 Å². The molecule has 2 N–H and O–H groups in total. The highest BCUT2D eigenvalue weighted by Gasteiger charge is 2.24. The number of anilines is 1. The molecule has 1 atom stereocenters. The first-order valence-corrected chi connectivity index (χ1v) is 6.47. The summed E-state index contributed by atoms with van der Waals surface area (Å²) in [6.45, 7) is 2.14. The van der Waals surface area contributed by atoms with Crippen LogP contribution in [-0.2, 0) is 14.3 Å². The molecule has 1 rings (SSSR count). The summed E-state index contributed by atoms with van der Waals surface area (Å²) in [5, 5.41) is 12.2. The quantitative estimate of drug-likeness (QED) is 0.459. The van der Waals surface area contributed by atoms with Gasteiger partial charge in [0.25, 0.3) is 0 Å². The number of nitrogens with one attached hydrogen (secondary N) is 1. The lowest BCUT2D eigenvalue weighted by atomic mass is 10.1. The maximum absolute atomic E-state index is 11.7. The molecule has 20 heavy (non-hydrogen) atoms. The predicted octanol–water partition coefficient (Wildman–Crippen LogP) is 2.98. The Bertz CT molecular complexity index is 531. The van der Waals surface area contributed by atoms with Gasteiger partial charge in [0.1, 0.15) is 0 Å². The molecule has 5 nitrogen and oxygen atoms in total. The lowest BCUT2D eigenvalue weighted by Gasteiger charge is -2.13. The summed E-state index contributed by atoms with van der Waals surface area (Å²) in [5.41, 5.74) is 0.380. The standard InChI is InChI=1S/C13H13Cl2NO4/c1-2-20-6-5-11(17)12(13(18)19)16-8-3-4-9(14)10(15)7-8/h3-7,12,16H,2H2,1H3,(H,18,19). The normalized spacial score (nSPS) is 12.2. The molecule has 0 heterocycles. The third-order valence-corrected chi connectivity index (χ3v) is 3.00. The second-order valence-electron chi connectivity index (χ2n) is 3.70. The van der Waals surface area contributed by atoms with Gasteiger partial charge in [0.05, 0.1) is 22.9 Å². The Morgan fingerprint density at radius 3 is 2.65 bits per heavy atom. The minimum atomic E-state index is -1.43. The van der Waals surface area contributed by atoms with Gasteiger partial charge in [-0.05, 0) is 25.1 Å². The van der Waals surface area contributed by atoms with Gasteiger partial charge in [0.15, 0.2) is 11.8 Å². The van der Waals surface area contributed by atoms with Crippen LogP contribution < -0.4 is 5.32 Å². The lowest BCUT2D eigenvalue weighted by molar-refractivity contribution is -0.140. The number of ketones is 1. The molecule has 0 aliphatic heterocycles. The molecule has 0 aliphatic rings. The zero-order valence-electron chi connectivity index (χ0n) is 10.6. The Balaban J connectivity index is 2.84. The van der Waals surface area contributed by atoms with Crippen LogP contribution in [0.25, 0.3) is 0 Å². The van der Waals surface area contributed by atoms with Gasteiger partial charge >= 0.3 is 5.97 Å². The summed E-state index contributed by atoms with van der Waals surface area (Å²) >= 11 is 11.6. The molecule has 0 fully saturated rings. The number of benzene rings is 1. The van der Waals surface area contributed by atoms with Crippen LogP contribution in [-0.4, -0.2) is 29.5 Å². The third kappa shape index (κ3) is 4.75. The van der Waals surface area contributed by atoms with Gasteiger partial charge in [-0.1, -0.05) is 23.2 Å². The zero-order chi connectivity index (χ0) is 15.1. The van der Waals surface area contributed by atoms with Crippen LogP contribution in [0, 0.1) is 0 Å². The molecule has 0 saturated carbocycles. The molecule has 1 aromatic rings. The van der Waals surface area contributed by atoms with Gasteiger partial charge in [-0.25, -0.2) is 4.79 Å². The molecule has 0 spiro atoms. The zero-order valence-corrected chi connectivity index (χ0v) is 12.1. The average Bonchev–Trinajstić information content (AvgIpc) is 2.39. The van der Waals surface area contributed by atoms with E-state index in [2.05, 4.69) is 5.32 Å². The number of carbonyl (C=O) groups is 2. The van der Waals surface area contributed by atoms with Crippen LogP contribution in [0.1, 0.15) is 6.92 Å². The van der Waals surface area contributed by atoms with Gasteiger partial charge in [0, 0.05) is 11.8 Å². The average molecular weight is 318 g/mol. The molecule has 1 unspecified atom stereocenters. The highest BCUT2D eigenvalue weighted by Crippen LogP contribution is 2.25. The van der Waals surface area contributed by atoms with Crippen molar-refractivity contribution >= 4 is 40.6 Å². The van der Waals surface area contributed by atoms with Gasteiger partial charge < -0.3 is 15.2 Å². The summed E-state index contributed by atoms with van der Waals surface area (Å²) < 4.78 is 4.86. The Hall–Kier alpha value is -1.72. The molecular formula is C13H13Cl2NO4. The Morgan fingerprint density at radius 1 is 1.40 bits per heavy atom. The molecule has 0 radical (unpaired) electrons. The molecule has 0 amide bonds. The van der Waals surface area contributed by atoms with E-state index in [1.54, 1.807) is 6.92 Å². The summed E-state index contributed by atoms with van der Waals surface area (Å²) in [4.78, 5) is 22.9. The van der Waals surface area contributed by atoms with Gasteiger partial charge in [0.2, 0.25) is 0 Å². The summed E-state index contributed by atoms with van der Waals surface area (Å²) in [6.07, 6.45) is 2.22. The molecule has 0 aromatic heterocycles. The predicted molar refractivity (Wildman–Crippen MR) is 77.3 cm³/mol. The Morgan fingerprint density at radius 2 is 2.10 bits per heavy atom. The number of hydrogen-bond acceptors (Lipinski definition) is 4. The minimum absolute atomic E-state index is 0.262.